The summed E-state index contributed by atoms with van der Waals surface area (Å²) in [5.74, 6) is 0.487. The Kier molecular flexibility index (Phi) is 3.32. The van der Waals surface area contributed by atoms with Crippen molar-refractivity contribution in [1.82, 2.24) is 0 Å². The van der Waals surface area contributed by atoms with Gasteiger partial charge in [-0.2, -0.15) is 0 Å². The Labute approximate surface area is 102 Å². The summed E-state index contributed by atoms with van der Waals surface area (Å²) in [5.41, 5.74) is 3.09. The zero-order valence-corrected chi connectivity index (χ0v) is 10.7. The van der Waals surface area contributed by atoms with Crippen LogP contribution in [0.15, 0.2) is 22.6 Å². The van der Waals surface area contributed by atoms with Crippen LogP contribution in [0, 0.1) is 6.92 Å². The number of benzene rings is 1. The van der Waals surface area contributed by atoms with Crippen LogP contribution in [0.25, 0.3) is 11.0 Å². The van der Waals surface area contributed by atoms with Crippen LogP contribution in [-0.2, 0) is 6.42 Å². The van der Waals surface area contributed by atoms with Gasteiger partial charge in [-0.05, 0) is 37.5 Å². The van der Waals surface area contributed by atoms with E-state index < -0.39 is 0 Å². The second kappa shape index (κ2) is 4.74. The van der Waals surface area contributed by atoms with Crippen LogP contribution in [0.1, 0.15) is 48.4 Å². The van der Waals surface area contributed by atoms with Crippen molar-refractivity contribution >= 4 is 16.8 Å². The van der Waals surface area contributed by atoms with Gasteiger partial charge in [-0.1, -0.05) is 19.4 Å². The fourth-order valence-electron chi connectivity index (χ4n) is 2.14. The van der Waals surface area contributed by atoms with Crippen molar-refractivity contribution in [3.8, 4) is 0 Å². The van der Waals surface area contributed by atoms with E-state index in [1.165, 1.54) is 18.4 Å². The summed E-state index contributed by atoms with van der Waals surface area (Å²) in [6.07, 6.45) is 3.48. The average molecular weight is 230 g/mol. The molecule has 0 N–H and O–H groups in total. The summed E-state index contributed by atoms with van der Waals surface area (Å²) >= 11 is 0. The topological polar surface area (TPSA) is 30.2 Å². The quantitative estimate of drug-likeness (QED) is 0.733. The molecule has 2 rings (SSSR count). The molecule has 2 nitrogen and oxygen atoms in total. The number of hydrogen-bond acceptors (Lipinski definition) is 2. The molecule has 0 radical (unpaired) electrons. The molecule has 1 aromatic heterocycles. The van der Waals surface area contributed by atoms with Gasteiger partial charge >= 0.3 is 0 Å². The zero-order valence-electron chi connectivity index (χ0n) is 10.7. The van der Waals surface area contributed by atoms with Crippen LogP contribution >= 0.6 is 0 Å². The summed E-state index contributed by atoms with van der Waals surface area (Å²) in [4.78, 5) is 11.4. The number of ketones is 1. The van der Waals surface area contributed by atoms with Crippen LogP contribution in [0.2, 0.25) is 0 Å². The van der Waals surface area contributed by atoms with E-state index in [1.807, 2.05) is 13.0 Å². The lowest BCUT2D eigenvalue weighted by Gasteiger charge is -1.99. The summed E-state index contributed by atoms with van der Waals surface area (Å²) in [7, 11) is 0. The fraction of sp³-hybridized carbons (Fsp3) is 0.400. The third kappa shape index (κ3) is 2.26. The molecule has 1 aromatic carbocycles. The molecule has 0 aliphatic carbocycles. The molecule has 17 heavy (non-hydrogen) atoms. The number of furan rings is 1. The highest BCUT2D eigenvalue weighted by atomic mass is 16.3. The Bertz CT molecular complexity index is 549. The molecule has 0 atom stereocenters. The molecule has 0 saturated carbocycles. The second-order valence-electron chi connectivity index (χ2n) is 4.55. The Morgan fingerprint density at radius 3 is 2.76 bits per heavy atom. The lowest BCUT2D eigenvalue weighted by molar-refractivity contribution is 0.0988. The van der Waals surface area contributed by atoms with Gasteiger partial charge in [0.05, 0.1) is 0 Å². The number of hydrogen-bond donors (Lipinski definition) is 0. The van der Waals surface area contributed by atoms with E-state index in [9.17, 15) is 4.79 Å². The van der Waals surface area contributed by atoms with Crippen molar-refractivity contribution in [1.29, 1.82) is 0 Å². The average Bonchev–Trinajstić information content (AvgIpc) is 2.64. The standard InChI is InChI=1S/C15H18O2/c1-4-5-6-12-7-8-14-13(9-12)10(2)15(17-14)11(3)16/h7-9H,4-6H2,1-3H3. The summed E-state index contributed by atoms with van der Waals surface area (Å²) in [6.45, 7) is 5.68. The Morgan fingerprint density at radius 2 is 2.12 bits per heavy atom. The maximum absolute atomic E-state index is 11.4. The minimum atomic E-state index is -0.00573. The lowest BCUT2D eigenvalue weighted by atomic mass is 10.0. The van der Waals surface area contributed by atoms with Gasteiger partial charge in [0.15, 0.2) is 11.5 Å². The molecule has 0 amide bonds. The van der Waals surface area contributed by atoms with Gasteiger partial charge in [-0.15, -0.1) is 0 Å². The van der Waals surface area contributed by atoms with E-state index in [-0.39, 0.29) is 5.78 Å². The molecule has 0 spiro atoms. The first kappa shape index (κ1) is 11.9. The molecule has 0 aliphatic rings. The normalized spacial score (nSPS) is 11.0. The summed E-state index contributed by atoms with van der Waals surface area (Å²) in [5, 5.41) is 1.07. The van der Waals surface area contributed by atoms with Gasteiger partial charge in [0.1, 0.15) is 5.58 Å². The van der Waals surface area contributed by atoms with E-state index in [1.54, 1.807) is 6.92 Å². The molecular weight excluding hydrogens is 212 g/mol. The maximum Gasteiger partial charge on any atom is 0.195 e. The van der Waals surface area contributed by atoms with Crippen molar-refractivity contribution in [2.75, 3.05) is 0 Å². The molecule has 90 valence electrons. The van der Waals surface area contributed by atoms with E-state index in [2.05, 4.69) is 19.1 Å². The van der Waals surface area contributed by atoms with Gasteiger partial charge in [-0.25, -0.2) is 0 Å². The number of carbonyl (C=O) groups excluding carboxylic acids is 1. The van der Waals surface area contributed by atoms with Crippen LogP contribution in [0.4, 0.5) is 0 Å². The highest BCUT2D eigenvalue weighted by Crippen LogP contribution is 2.27. The van der Waals surface area contributed by atoms with E-state index in [0.717, 1.165) is 23.0 Å². The van der Waals surface area contributed by atoms with Gasteiger partial charge in [0.25, 0.3) is 0 Å². The molecule has 2 heteroatoms. The van der Waals surface area contributed by atoms with E-state index in [0.29, 0.717) is 5.76 Å². The van der Waals surface area contributed by atoms with Crippen LogP contribution < -0.4 is 0 Å². The highest BCUT2D eigenvalue weighted by Gasteiger charge is 2.13. The minimum Gasteiger partial charge on any atom is -0.453 e. The maximum atomic E-state index is 11.4. The predicted octanol–water partition coefficient (Wildman–Crippen LogP) is 4.29. The first-order valence-electron chi connectivity index (χ1n) is 6.16. The number of unbranched alkanes of at least 4 members (excludes halogenated alkanes) is 1. The van der Waals surface area contributed by atoms with E-state index in [4.69, 9.17) is 4.42 Å². The van der Waals surface area contributed by atoms with Crippen LogP contribution in [0.5, 0.6) is 0 Å². The van der Waals surface area contributed by atoms with Crippen LogP contribution in [-0.4, -0.2) is 5.78 Å². The number of Topliss-reactive ketones (excluding diaryl/α,β-unsaturated/α-hetero) is 1. The summed E-state index contributed by atoms with van der Waals surface area (Å²) < 4.78 is 5.57. The van der Waals surface area contributed by atoms with Gasteiger partial charge in [0.2, 0.25) is 0 Å². The van der Waals surface area contributed by atoms with Crippen molar-refractivity contribution in [2.45, 2.75) is 40.0 Å². The molecule has 0 saturated heterocycles. The van der Waals surface area contributed by atoms with Gasteiger partial charge in [-0.3, -0.25) is 4.79 Å². The zero-order chi connectivity index (χ0) is 12.4. The van der Waals surface area contributed by atoms with Gasteiger partial charge < -0.3 is 4.42 Å². The van der Waals surface area contributed by atoms with Crippen molar-refractivity contribution in [3.05, 3.63) is 35.1 Å². The monoisotopic (exact) mass is 230 g/mol. The van der Waals surface area contributed by atoms with Crippen molar-refractivity contribution in [2.24, 2.45) is 0 Å². The Hall–Kier alpha value is -1.57. The number of fused-ring (bicyclic) bond motifs is 1. The third-order valence-corrected chi connectivity index (χ3v) is 3.14. The third-order valence-electron chi connectivity index (χ3n) is 3.14. The van der Waals surface area contributed by atoms with Crippen molar-refractivity contribution in [3.63, 3.8) is 0 Å². The molecule has 1 heterocycles. The molecule has 0 aliphatic heterocycles. The molecular formula is C15H18O2. The second-order valence-corrected chi connectivity index (χ2v) is 4.55. The SMILES string of the molecule is CCCCc1ccc2oc(C(C)=O)c(C)c2c1. The van der Waals surface area contributed by atoms with Gasteiger partial charge in [0, 0.05) is 17.9 Å². The Balaban J connectivity index is 2.46. The number of rotatable bonds is 4. The first-order valence-corrected chi connectivity index (χ1v) is 6.16. The predicted molar refractivity (Wildman–Crippen MR) is 69.6 cm³/mol. The van der Waals surface area contributed by atoms with Crippen LogP contribution in [0.3, 0.4) is 0 Å². The highest BCUT2D eigenvalue weighted by molar-refractivity contribution is 5.98. The summed E-state index contributed by atoms with van der Waals surface area (Å²) in [6, 6.07) is 6.21. The molecule has 2 aromatic rings. The van der Waals surface area contributed by atoms with E-state index >= 15 is 0 Å². The fourth-order valence-corrected chi connectivity index (χ4v) is 2.14. The van der Waals surface area contributed by atoms with Crippen molar-refractivity contribution < 1.29 is 9.21 Å². The smallest absolute Gasteiger partial charge is 0.195 e. The largest absolute Gasteiger partial charge is 0.453 e. The molecule has 0 bridgehead atoms. The molecule has 0 fully saturated rings. The first-order chi connectivity index (χ1) is 8.13. The molecule has 0 unspecified atom stereocenters. The lowest BCUT2D eigenvalue weighted by Crippen LogP contribution is -1.90. The number of aryl methyl sites for hydroxylation is 2. The Morgan fingerprint density at radius 1 is 1.35 bits per heavy atom. The minimum absolute atomic E-state index is 0.00573. The number of carbonyl (C=O) groups is 1.